The van der Waals surface area contributed by atoms with Crippen molar-refractivity contribution < 1.29 is 18.3 Å². The number of carbonyl (C=O) groups excluding carboxylic acids is 1. The minimum Gasteiger partial charge on any atom is -0.423 e. The quantitative estimate of drug-likeness (QED) is 0.248. The summed E-state index contributed by atoms with van der Waals surface area (Å²) in [6.45, 7) is 3.82. The molecule has 2 fully saturated rings. The van der Waals surface area contributed by atoms with Gasteiger partial charge in [0.1, 0.15) is 17.4 Å². The van der Waals surface area contributed by atoms with E-state index in [-0.39, 0.29) is 22.8 Å². The summed E-state index contributed by atoms with van der Waals surface area (Å²) in [5, 5.41) is 0.506. The van der Waals surface area contributed by atoms with E-state index in [1.54, 1.807) is 12.1 Å². The third-order valence-corrected chi connectivity index (χ3v) is 7.50. The highest BCUT2D eigenvalue weighted by molar-refractivity contribution is 6.30. The topological polar surface area (TPSA) is 26.3 Å². The molecular weight excluding hydrogens is 430 g/mol. The molecule has 2 aromatic carbocycles. The molecule has 0 aromatic heterocycles. The minimum atomic E-state index is -0.793. The maximum absolute atomic E-state index is 15.0. The second-order valence-electron chi connectivity index (χ2n) is 9.27. The zero-order chi connectivity index (χ0) is 22.7. The Hall–Kier alpha value is -2.20. The number of benzene rings is 2. The molecule has 0 aliphatic heterocycles. The summed E-state index contributed by atoms with van der Waals surface area (Å²) >= 11 is 5.82. The lowest BCUT2D eigenvalue weighted by atomic mass is 9.63. The van der Waals surface area contributed by atoms with E-state index in [1.165, 1.54) is 31.4 Å². The molecular formula is C27H29ClF2O2. The van der Waals surface area contributed by atoms with Gasteiger partial charge >= 0.3 is 5.97 Å². The van der Waals surface area contributed by atoms with Gasteiger partial charge in [-0.1, -0.05) is 24.1 Å². The first-order valence-corrected chi connectivity index (χ1v) is 11.9. The molecule has 2 nitrogen and oxygen atoms in total. The van der Waals surface area contributed by atoms with Crippen molar-refractivity contribution in [1.29, 1.82) is 0 Å². The van der Waals surface area contributed by atoms with Crippen molar-refractivity contribution in [1.82, 2.24) is 0 Å². The molecule has 0 spiro atoms. The zero-order valence-corrected chi connectivity index (χ0v) is 18.9. The van der Waals surface area contributed by atoms with Crippen LogP contribution in [-0.2, 0) is 0 Å². The van der Waals surface area contributed by atoms with Gasteiger partial charge in [-0.05, 0) is 105 Å². The standard InChI is InChI=1S/C27H29ClF2O2/c1-2-3-4-17-5-6-19-14-20(8-7-18(19)13-17)26-24(29)15-21(16-25(26)30)27(31)32-23-11-9-22(28)10-12-23/h2,9-12,15-20H,1,3-8,13-14H2. The Morgan fingerprint density at radius 3 is 2.38 bits per heavy atom. The van der Waals surface area contributed by atoms with Crippen LogP contribution in [0.25, 0.3) is 0 Å². The highest BCUT2D eigenvalue weighted by atomic mass is 35.5. The number of carbonyl (C=O) groups is 1. The smallest absolute Gasteiger partial charge is 0.343 e. The fraction of sp³-hybridized carbons (Fsp3) is 0.444. The first-order valence-electron chi connectivity index (χ1n) is 11.5. The van der Waals surface area contributed by atoms with Gasteiger partial charge in [0.2, 0.25) is 0 Å². The Morgan fingerprint density at radius 2 is 1.69 bits per heavy atom. The summed E-state index contributed by atoms with van der Waals surface area (Å²) in [6, 6.07) is 8.44. The van der Waals surface area contributed by atoms with E-state index >= 15 is 0 Å². The zero-order valence-electron chi connectivity index (χ0n) is 18.2. The second kappa shape index (κ2) is 10.2. The molecule has 0 saturated heterocycles. The van der Waals surface area contributed by atoms with E-state index in [0.717, 1.165) is 50.2 Å². The number of esters is 1. The molecule has 170 valence electrons. The highest BCUT2D eigenvalue weighted by Crippen LogP contribution is 2.49. The van der Waals surface area contributed by atoms with E-state index in [2.05, 4.69) is 6.58 Å². The first kappa shape index (κ1) is 23.0. The van der Waals surface area contributed by atoms with Crippen LogP contribution in [0.3, 0.4) is 0 Å². The van der Waals surface area contributed by atoms with Gasteiger partial charge in [-0.2, -0.15) is 0 Å². The van der Waals surface area contributed by atoms with Gasteiger partial charge < -0.3 is 4.74 Å². The van der Waals surface area contributed by atoms with E-state index in [9.17, 15) is 13.6 Å². The molecule has 4 unspecified atom stereocenters. The van der Waals surface area contributed by atoms with Crippen molar-refractivity contribution in [3.63, 3.8) is 0 Å². The summed E-state index contributed by atoms with van der Waals surface area (Å²) in [5.41, 5.74) is -0.00427. The summed E-state index contributed by atoms with van der Waals surface area (Å²) in [6.07, 6.45) is 10.4. The average molecular weight is 459 g/mol. The number of hydrogen-bond acceptors (Lipinski definition) is 2. The van der Waals surface area contributed by atoms with Crippen LogP contribution in [0.1, 0.15) is 73.2 Å². The second-order valence-corrected chi connectivity index (χ2v) is 9.71. The lowest BCUT2D eigenvalue weighted by molar-refractivity contribution is 0.0733. The summed E-state index contributed by atoms with van der Waals surface area (Å²) in [7, 11) is 0. The molecule has 0 amide bonds. The fourth-order valence-electron chi connectivity index (χ4n) is 5.63. The molecule has 0 radical (unpaired) electrons. The van der Waals surface area contributed by atoms with Crippen molar-refractivity contribution >= 4 is 17.6 Å². The predicted molar refractivity (Wildman–Crippen MR) is 123 cm³/mol. The Kier molecular flexibility index (Phi) is 7.30. The average Bonchev–Trinajstić information content (AvgIpc) is 2.78. The summed E-state index contributed by atoms with van der Waals surface area (Å²) in [5.74, 6) is -0.0268. The van der Waals surface area contributed by atoms with E-state index in [4.69, 9.17) is 16.3 Å². The third-order valence-electron chi connectivity index (χ3n) is 7.25. The molecule has 5 heteroatoms. The van der Waals surface area contributed by atoms with Gasteiger partial charge in [0.15, 0.2) is 0 Å². The molecule has 0 bridgehead atoms. The largest absolute Gasteiger partial charge is 0.423 e. The van der Waals surface area contributed by atoms with Crippen LogP contribution in [0, 0.1) is 29.4 Å². The van der Waals surface area contributed by atoms with Crippen LogP contribution in [0.2, 0.25) is 5.02 Å². The van der Waals surface area contributed by atoms with Crippen LogP contribution in [0.15, 0.2) is 49.1 Å². The van der Waals surface area contributed by atoms with Crippen LogP contribution in [-0.4, -0.2) is 5.97 Å². The first-order chi connectivity index (χ1) is 15.4. The maximum atomic E-state index is 15.0. The summed E-state index contributed by atoms with van der Waals surface area (Å²) in [4.78, 5) is 12.4. The van der Waals surface area contributed by atoms with Crippen LogP contribution >= 0.6 is 11.6 Å². The lowest BCUT2D eigenvalue weighted by Gasteiger charge is -2.42. The Labute approximate surface area is 193 Å². The number of fused-ring (bicyclic) bond motifs is 1. The van der Waals surface area contributed by atoms with Crippen LogP contribution in [0.5, 0.6) is 5.75 Å². The monoisotopic (exact) mass is 458 g/mol. The Morgan fingerprint density at radius 1 is 1.03 bits per heavy atom. The molecule has 4 rings (SSSR count). The molecule has 2 saturated carbocycles. The highest BCUT2D eigenvalue weighted by Gasteiger charge is 2.37. The molecule has 0 heterocycles. The SMILES string of the molecule is C=CCCC1CCC2CC(c3c(F)cc(C(=O)Oc4ccc(Cl)cc4)cc3F)CCC2C1. The molecule has 0 N–H and O–H groups in total. The molecule has 2 aliphatic rings. The normalized spacial score (nSPS) is 25.1. The lowest BCUT2D eigenvalue weighted by Crippen LogP contribution is -2.31. The summed E-state index contributed by atoms with van der Waals surface area (Å²) < 4.78 is 35.2. The van der Waals surface area contributed by atoms with Crippen molar-refractivity contribution in [2.45, 2.75) is 57.3 Å². The Balaban J connectivity index is 1.43. The van der Waals surface area contributed by atoms with E-state index < -0.39 is 17.6 Å². The number of rotatable bonds is 6. The van der Waals surface area contributed by atoms with Crippen molar-refractivity contribution in [3.05, 3.63) is 76.8 Å². The minimum absolute atomic E-state index is 0.125. The van der Waals surface area contributed by atoms with Gasteiger partial charge in [0, 0.05) is 10.6 Å². The number of hydrogen-bond donors (Lipinski definition) is 0. The van der Waals surface area contributed by atoms with Crippen LogP contribution in [0.4, 0.5) is 8.78 Å². The predicted octanol–water partition coefficient (Wildman–Crippen LogP) is 8.10. The Bertz CT molecular complexity index is 949. The number of ether oxygens (including phenoxy) is 1. The van der Waals surface area contributed by atoms with Crippen molar-refractivity contribution in [2.75, 3.05) is 0 Å². The fourth-order valence-corrected chi connectivity index (χ4v) is 5.75. The van der Waals surface area contributed by atoms with E-state index in [1.807, 2.05) is 6.08 Å². The number of allylic oxidation sites excluding steroid dienone is 1. The van der Waals surface area contributed by atoms with Gasteiger partial charge in [-0.15, -0.1) is 6.58 Å². The molecule has 32 heavy (non-hydrogen) atoms. The van der Waals surface area contributed by atoms with E-state index in [0.29, 0.717) is 16.9 Å². The van der Waals surface area contributed by atoms with Crippen molar-refractivity contribution in [3.8, 4) is 5.75 Å². The third kappa shape index (κ3) is 5.23. The molecule has 2 aromatic rings. The van der Waals surface area contributed by atoms with Gasteiger partial charge in [-0.25, -0.2) is 13.6 Å². The molecule has 2 aliphatic carbocycles. The van der Waals surface area contributed by atoms with Crippen LogP contribution < -0.4 is 4.74 Å². The van der Waals surface area contributed by atoms with Gasteiger partial charge in [-0.3, -0.25) is 0 Å². The van der Waals surface area contributed by atoms with Crippen molar-refractivity contribution in [2.24, 2.45) is 17.8 Å². The van der Waals surface area contributed by atoms with Gasteiger partial charge in [0.05, 0.1) is 5.56 Å². The maximum Gasteiger partial charge on any atom is 0.343 e. The molecule has 4 atom stereocenters. The number of halogens is 3. The van der Waals surface area contributed by atoms with Gasteiger partial charge in [0.25, 0.3) is 0 Å².